The Hall–Kier alpha value is -5.05. The van der Waals surface area contributed by atoms with Crippen LogP contribution in [-0.4, -0.2) is 0 Å². The van der Waals surface area contributed by atoms with Crippen LogP contribution < -0.4 is 13.6 Å². The third kappa shape index (κ3) is 4.91. The van der Waals surface area contributed by atoms with E-state index in [-0.39, 0.29) is 0 Å². The zero-order valence-corrected chi connectivity index (χ0v) is 22.8. The van der Waals surface area contributed by atoms with E-state index < -0.39 is 7.82 Å². The van der Waals surface area contributed by atoms with Crippen molar-refractivity contribution in [2.45, 2.75) is 0 Å². The quantitative estimate of drug-likeness (QED) is 0.193. The number of hydrogen-bond acceptors (Lipinski definition) is 4. The van der Waals surface area contributed by atoms with Crippen LogP contribution in [0.1, 0.15) is 0 Å². The van der Waals surface area contributed by atoms with Crippen LogP contribution in [0.25, 0.3) is 44.5 Å². The van der Waals surface area contributed by atoms with Gasteiger partial charge in [-0.05, 0) is 46.0 Å². The monoisotopic (exact) mass is 551 g/mol. The van der Waals surface area contributed by atoms with Gasteiger partial charge < -0.3 is 13.6 Å². The lowest BCUT2D eigenvalue weighted by Crippen LogP contribution is -2.14. The molecule has 41 heavy (non-hydrogen) atoms. The van der Waals surface area contributed by atoms with E-state index in [0.29, 0.717) is 22.8 Å². The van der Waals surface area contributed by atoms with Gasteiger partial charge in [-0.3, -0.25) is 0 Å². The van der Waals surface area contributed by atoms with Crippen LogP contribution in [0, 0.1) is 6.07 Å². The summed E-state index contributed by atoms with van der Waals surface area (Å²) in [6.07, 6.45) is 0. The van der Waals surface area contributed by atoms with Gasteiger partial charge in [-0.2, -0.15) is 4.57 Å². The van der Waals surface area contributed by atoms with Gasteiger partial charge in [0.25, 0.3) is 0 Å². The van der Waals surface area contributed by atoms with Crippen molar-refractivity contribution in [1.29, 1.82) is 0 Å². The number of phosphoric acid groups is 1. The van der Waals surface area contributed by atoms with Crippen LogP contribution in [0.5, 0.6) is 17.2 Å². The minimum atomic E-state index is -4.15. The molecule has 0 aliphatic carbocycles. The fourth-order valence-electron chi connectivity index (χ4n) is 5.03. The van der Waals surface area contributed by atoms with E-state index in [1.165, 1.54) is 0 Å². The van der Waals surface area contributed by atoms with Gasteiger partial charge in [0.1, 0.15) is 11.5 Å². The molecule has 1 atom stereocenters. The zero-order valence-electron chi connectivity index (χ0n) is 21.9. The standard InChI is InChI=1S/C36H24O4P/c37-41(38-33-23-21-30(26-13-5-1-6-14-26)25-32(33)28-17-9-3-10-18-28)39-34-24-22-31(27-15-7-2-8-16-27)36(40-41)35(34)29-19-11-4-12-20-29/h1-24H. The third-order valence-corrected chi connectivity index (χ3v) is 8.19. The highest BCUT2D eigenvalue weighted by atomic mass is 31.2. The second-order valence-corrected chi connectivity index (χ2v) is 11.1. The molecule has 0 amide bonds. The fraction of sp³-hybridized carbons (Fsp3) is 0. The first-order valence-electron chi connectivity index (χ1n) is 13.3. The van der Waals surface area contributed by atoms with E-state index in [9.17, 15) is 4.57 Å². The Morgan fingerprint density at radius 2 is 1.10 bits per heavy atom. The average molecular weight is 552 g/mol. The predicted molar refractivity (Wildman–Crippen MR) is 163 cm³/mol. The zero-order chi connectivity index (χ0) is 27.6. The molecular weight excluding hydrogens is 527 g/mol. The molecule has 197 valence electrons. The molecule has 6 aromatic carbocycles. The molecule has 6 aromatic rings. The van der Waals surface area contributed by atoms with E-state index in [1.54, 1.807) is 6.07 Å². The first kappa shape index (κ1) is 25.0. The Balaban J connectivity index is 1.33. The van der Waals surface area contributed by atoms with Crippen molar-refractivity contribution in [2.75, 3.05) is 0 Å². The third-order valence-electron chi connectivity index (χ3n) is 6.94. The van der Waals surface area contributed by atoms with Crippen molar-refractivity contribution in [3.63, 3.8) is 0 Å². The molecule has 0 saturated heterocycles. The van der Waals surface area contributed by atoms with Gasteiger partial charge in [-0.1, -0.05) is 127 Å². The summed E-state index contributed by atoms with van der Waals surface area (Å²) in [5, 5.41) is 0. The van der Waals surface area contributed by atoms with E-state index >= 15 is 0 Å². The number of rotatable bonds is 6. The van der Waals surface area contributed by atoms with Crippen molar-refractivity contribution in [1.82, 2.24) is 0 Å². The number of phosphoric ester groups is 1. The van der Waals surface area contributed by atoms with E-state index in [0.717, 1.165) is 38.9 Å². The van der Waals surface area contributed by atoms with Crippen molar-refractivity contribution >= 4 is 7.82 Å². The topological polar surface area (TPSA) is 44.8 Å². The summed E-state index contributed by atoms with van der Waals surface area (Å²) in [5.74, 6) is 1.25. The second kappa shape index (κ2) is 10.5. The molecule has 1 heterocycles. The summed E-state index contributed by atoms with van der Waals surface area (Å²) in [6, 6.07) is 50.4. The Morgan fingerprint density at radius 3 is 1.73 bits per heavy atom. The molecule has 1 radical (unpaired) electrons. The molecular formula is C36H24O4P. The van der Waals surface area contributed by atoms with Crippen molar-refractivity contribution in [3.8, 4) is 61.8 Å². The van der Waals surface area contributed by atoms with Crippen molar-refractivity contribution in [2.24, 2.45) is 0 Å². The average Bonchev–Trinajstić information content (AvgIpc) is 3.02. The molecule has 7 rings (SSSR count). The highest BCUT2D eigenvalue weighted by molar-refractivity contribution is 7.50. The first-order valence-corrected chi connectivity index (χ1v) is 14.8. The Bertz CT molecular complexity index is 1870. The maximum Gasteiger partial charge on any atom is 0.647 e. The summed E-state index contributed by atoms with van der Waals surface area (Å²) in [7, 11) is -4.15. The number of benzene rings is 6. The number of hydrogen-bond donors (Lipinski definition) is 0. The molecule has 4 nitrogen and oxygen atoms in total. The molecule has 1 aliphatic heterocycles. The minimum absolute atomic E-state index is 0.354. The van der Waals surface area contributed by atoms with Gasteiger partial charge in [-0.25, -0.2) is 0 Å². The lowest BCUT2D eigenvalue weighted by Gasteiger charge is -2.29. The Kier molecular flexibility index (Phi) is 6.39. The highest BCUT2D eigenvalue weighted by Gasteiger charge is 2.41. The SMILES string of the molecule is O=P1(Oc2ccc(-c3ccccc3)[c]c2-c2ccccc2)Oc2ccc(-c3ccccc3)c(c2-c2ccccc2)O1. The van der Waals surface area contributed by atoms with Gasteiger partial charge in [0, 0.05) is 17.2 Å². The molecule has 2 bridgehead atoms. The van der Waals surface area contributed by atoms with Crippen LogP contribution >= 0.6 is 7.82 Å². The van der Waals surface area contributed by atoms with Gasteiger partial charge in [-0.15, -0.1) is 0 Å². The van der Waals surface area contributed by atoms with Gasteiger partial charge >= 0.3 is 7.82 Å². The second-order valence-electron chi connectivity index (χ2n) is 9.61. The lowest BCUT2D eigenvalue weighted by molar-refractivity contribution is 0.290. The number of fused-ring (bicyclic) bond motifs is 2. The molecule has 0 N–H and O–H groups in total. The van der Waals surface area contributed by atoms with E-state index in [1.807, 2.05) is 140 Å². The van der Waals surface area contributed by atoms with Crippen molar-refractivity contribution in [3.05, 3.63) is 152 Å². The van der Waals surface area contributed by atoms with Gasteiger partial charge in [0.05, 0.1) is 5.56 Å². The fourth-order valence-corrected chi connectivity index (χ4v) is 6.34. The van der Waals surface area contributed by atoms with Crippen LogP contribution in [0.15, 0.2) is 146 Å². The Morgan fingerprint density at radius 1 is 0.537 bits per heavy atom. The summed E-state index contributed by atoms with van der Waals surface area (Å²) in [5.41, 5.74) is 6.81. The van der Waals surface area contributed by atoms with Gasteiger partial charge in [0.15, 0.2) is 5.75 Å². The molecule has 0 saturated carbocycles. The van der Waals surface area contributed by atoms with Crippen LogP contribution in [-0.2, 0) is 4.57 Å². The maximum atomic E-state index is 14.3. The van der Waals surface area contributed by atoms with Crippen LogP contribution in [0.4, 0.5) is 0 Å². The molecule has 5 heteroatoms. The summed E-state index contributed by atoms with van der Waals surface area (Å²) >= 11 is 0. The smallest absolute Gasteiger partial charge is 0.385 e. The normalized spacial score (nSPS) is 15.4. The molecule has 1 unspecified atom stereocenters. The maximum absolute atomic E-state index is 14.3. The van der Waals surface area contributed by atoms with Crippen LogP contribution in [0.2, 0.25) is 0 Å². The van der Waals surface area contributed by atoms with E-state index in [2.05, 4.69) is 6.07 Å². The molecule has 1 aliphatic rings. The summed E-state index contributed by atoms with van der Waals surface area (Å²) in [4.78, 5) is 0. The molecule has 0 spiro atoms. The van der Waals surface area contributed by atoms with Crippen molar-refractivity contribution < 1.29 is 18.1 Å². The minimum Gasteiger partial charge on any atom is -0.385 e. The summed E-state index contributed by atoms with van der Waals surface area (Å²) < 4.78 is 32.8. The Labute approximate surface area is 239 Å². The van der Waals surface area contributed by atoms with Gasteiger partial charge in [0.2, 0.25) is 0 Å². The summed E-state index contributed by atoms with van der Waals surface area (Å²) in [6.45, 7) is 0. The largest absolute Gasteiger partial charge is 0.647 e. The lowest BCUT2D eigenvalue weighted by atomic mass is 9.96. The molecule has 0 fully saturated rings. The first-order chi connectivity index (χ1) is 20.2. The molecule has 0 aromatic heterocycles. The highest BCUT2D eigenvalue weighted by Crippen LogP contribution is 2.61. The predicted octanol–water partition coefficient (Wildman–Crippen LogP) is 10.1. The van der Waals surface area contributed by atoms with Crippen LogP contribution in [0.3, 0.4) is 0 Å². The van der Waals surface area contributed by atoms with E-state index in [4.69, 9.17) is 13.6 Å².